The number of rotatable bonds is 6. The van der Waals surface area contributed by atoms with Crippen molar-refractivity contribution in [2.45, 2.75) is 49.6 Å². The predicted octanol–water partition coefficient (Wildman–Crippen LogP) is 3.05. The molecule has 0 bridgehead atoms. The second kappa shape index (κ2) is 10.3. The summed E-state index contributed by atoms with van der Waals surface area (Å²) in [6.45, 7) is 7.44. The van der Waals surface area contributed by atoms with Crippen molar-refractivity contribution in [3.63, 3.8) is 0 Å². The Bertz CT molecular complexity index is 814. The van der Waals surface area contributed by atoms with Gasteiger partial charge in [0.1, 0.15) is 0 Å². The van der Waals surface area contributed by atoms with Crippen LogP contribution in [0.25, 0.3) is 0 Å². The van der Waals surface area contributed by atoms with E-state index in [-0.39, 0.29) is 11.2 Å². The summed E-state index contributed by atoms with van der Waals surface area (Å²) in [7, 11) is 0. The molecule has 1 aromatic heterocycles. The molecule has 0 aliphatic carbocycles. The van der Waals surface area contributed by atoms with Gasteiger partial charge in [-0.2, -0.15) is 0 Å². The van der Waals surface area contributed by atoms with E-state index < -0.39 is 0 Å². The molecule has 2 saturated heterocycles. The maximum Gasteiger partial charge on any atom is 0.235 e. The van der Waals surface area contributed by atoms with Gasteiger partial charge in [0, 0.05) is 26.2 Å². The fraction of sp³-hybridized carbons (Fsp3) is 0.591. The number of nitrogens with zero attached hydrogens (tertiary/aromatic N) is 5. The minimum atomic E-state index is -0.181. The zero-order valence-electron chi connectivity index (χ0n) is 17.7. The lowest BCUT2D eigenvalue weighted by atomic mass is 10.2. The van der Waals surface area contributed by atoms with E-state index in [1.165, 1.54) is 30.2 Å². The van der Waals surface area contributed by atoms with Gasteiger partial charge in [0.25, 0.3) is 0 Å². The lowest BCUT2D eigenvalue weighted by Crippen LogP contribution is -2.38. The number of thioether (sulfide) groups is 1. The number of hydrogen-bond acceptors (Lipinski definition) is 6. The average molecular weight is 430 g/mol. The van der Waals surface area contributed by atoms with Gasteiger partial charge in [0.15, 0.2) is 5.16 Å². The van der Waals surface area contributed by atoms with Crippen molar-refractivity contribution in [1.29, 1.82) is 0 Å². The van der Waals surface area contributed by atoms with Crippen LogP contribution < -0.4 is 4.90 Å². The molecule has 1 atom stereocenters. The number of carbonyl (C=O) groups is 1. The second-order valence-electron chi connectivity index (χ2n) is 7.95. The average Bonchev–Trinajstić information content (AvgIpc) is 2.99. The van der Waals surface area contributed by atoms with Crippen molar-refractivity contribution >= 4 is 23.6 Å². The Morgan fingerprint density at radius 1 is 1.03 bits per heavy atom. The zero-order chi connectivity index (χ0) is 20.8. The van der Waals surface area contributed by atoms with Gasteiger partial charge in [0.2, 0.25) is 11.9 Å². The first-order chi connectivity index (χ1) is 14.7. The normalized spacial score (nSPS) is 18.8. The van der Waals surface area contributed by atoms with Gasteiger partial charge in [0.05, 0.1) is 25.0 Å². The van der Waals surface area contributed by atoms with E-state index in [4.69, 9.17) is 4.74 Å². The topological polar surface area (TPSA) is 63.5 Å². The molecule has 0 radical (unpaired) electrons. The predicted molar refractivity (Wildman–Crippen MR) is 119 cm³/mol. The van der Waals surface area contributed by atoms with Crippen molar-refractivity contribution in [1.82, 2.24) is 19.7 Å². The molecule has 0 spiro atoms. The number of amides is 1. The second-order valence-corrected chi connectivity index (χ2v) is 9.26. The molecular weight excluding hydrogens is 398 g/mol. The molecule has 4 rings (SSSR count). The molecule has 30 heavy (non-hydrogen) atoms. The molecule has 2 aromatic rings. The van der Waals surface area contributed by atoms with Gasteiger partial charge in [-0.1, -0.05) is 54.9 Å². The van der Waals surface area contributed by atoms with Crippen molar-refractivity contribution in [2.24, 2.45) is 0 Å². The van der Waals surface area contributed by atoms with E-state index in [1.54, 1.807) is 0 Å². The lowest BCUT2D eigenvalue weighted by molar-refractivity contribution is -0.130. The number of aromatic nitrogens is 3. The summed E-state index contributed by atoms with van der Waals surface area (Å²) in [6.07, 6.45) is 4.65. The molecule has 7 nitrogen and oxygen atoms in total. The van der Waals surface area contributed by atoms with Crippen molar-refractivity contribution in [3.05, 3.63) is 35.9 Å². The van der Waals surface area contributed by atoms with E-state index in [9.17, 15) is 4.79 Å². The summed E-state index contributed by atoms with van der Waals surface area (Å²) in [5.74, 6) is 1.07. The molecule has 2 fully saturated rings. The maximum absolute atomic E-state index is 13.1. The Morgan fingerprint density at radius 2 is 1.73 bits per heavy atom. The number of likely N-dealkylation sites (tertiary alicyclic amines) is 1. The third-order valence-electron chi connectivity index (χ3n) is 5.72. The van der Waals surface area contributed by atoms with Gasteiger partial charge in [-0.15, -0.1) is 10.2 Å². The SMILES string of the molecule is C[C@@H](Sc1nnc(N2CCOCC2)n1Cc1ccccc1)C(=O)N1CCCCCC1. The molecule has 0 saturated carbocycles. The van der Waals surface area contributed by atoms with Gasteiger partial charge in [-0.25, -0.2) is 0 Å². The van der Waals surface area contributed by atoms with Crippen LogP contribution in [0.15, 0.2) is 35.5 Å². The standard InChI is InChI=1S/C22H31N5O2S/c1-18(20(28)25-11-7-2-3-8-12-25)30-22-24-23-21(26-13-15-29-16-14-26)27(22)17-19-9-5-4-6-10-19/h4-6,9-10,18H,2-3,7-8,11-17H2,1H3/t18-/m1/s1. The van der Waals surface area contributed by atoms with Crippen LogP contribution >= 0.6 is 11.8 Å². The Labute approximate surface area is 182 Å². The molecule has 0 N–H and O–H groups in total. The monoisotopic (exact) mass is 429 g/mol. The number of hydrogen-bond donors (Lipinski definition) is 0. The Kier molecular flexibility index (Phi) is 7.28. The molecular formula is C22H31N5O2S. The van der Waals surface area contributed by atoms with Gasteiger partial charge < -0.3 is 14.5 Å². The Morgan fingerprint density at radius 3 is 2.43 bits per heavy atom. The highest BCUT2D eigenvalue weighted by Crippen LogP contribution is 2.28. The van der Waals surface area contributed by atoms with Gasteiger partial charge >= 0.3 is 0 Å². The highest BCUT2D eigenvalue weighted by molar-refractivity contribution is 8.00. The first kappa shape index (κ1) is 21.2. The summed E-state index contributed by atoms with van der Waals surface area (Å²) in [6, 6.07) is 10.3. The van der Waals surface area contributed by atoms with Crippen LogP contribution in [0.3, 0.4) is 0 Å². The summed E-state index contributed by atoms with van der Waals surface area (Å²) in [5, 5.41) is 9.63. The maximum atomic E-state index is 13.1. The smallest absolute Gasteiger partial charge is 0.235 e. The van der Waals surface area contributed by atoms with Crippen LogP contribution in [0.2, 0.25) is 0 Å². The van der Waals surface area contributed by atoms with E-state index in [1.807, 2.05) is 30.0 Å². The molecule has 2 aliphatic heterocycles. The largest absolute Gasteiger partial charge is 0.378 e. The summed E-state index contributed by atoms with van der Waals surface area (Å²) < 4.78 is 7.66. The third-order valence-corrected chi connectivity index (χ3v) is 6.79. The van der Waals surface area contributed by atoms with Crippen LogP contribution in [-0.2, 0) is 16.1 Å². The number of morpholine rings is 1. The molecule has 162 valence electrons. The molecule has 0 unspecified atom stereocenters. The number of ether oxygens (including phenoxy) is 1. The van der Waals surface area contributed by atoms with Crippen LogP contribution in [0.5, 0.6) is 0 Å². The van der Waals surface area contributed by atoms with E-state index >= 15 is 0 Å². The first-order valence-electron chi connectivity index (χ1n) is 11.0. The Hall–Kier alpha value is -2.06. The van der Waals surface area contributed by atoms with Crippen LogP contribution in [0.1, 0.15) is 38.2 Å². The fourth-order valence-electron chi connectivity index (χ4n) is 4.03. The number of anilines is 1. The first-order valence-corrected chi connectivity index (χ1v) is 11.9. The van der Waals surface area contributed by atoms with Gasteiger partial charge in [-0.05, 0) is 25.3 Å². The minimum Gasteiger partial charge on any atom is -0.378 e. The van der Waals surface area contributed by atoms with E-state index in [2.05, 4.69) is 31.8 Å². The van der Waals surface area contributed by atoms with Crippen LogP contribution in [0, 0.1) is 0 Å². The van der Waals surface area contributed by atoms with Crippen molar-refractivity contribution in [2.75, 3.05) is 44.3 Å². The summed E-state index contributed by atoms with van der Waals surface area (Å²) >= 11 is 1.52. The fourth-order valence-corrected chi connectivity index (χ4v) is 4.95. The summed E-state index contributed by atoms with van der Waals surface area (Å²) in [5.41, 5.74) is 1.19. The minimum absolute atomic E-state index is 0.181. The molecule has 3 heterocycles. The van der Waals surface area contributed by atoms with E-state index in [0.29, 0.717) is 19.8 Å². The molecule has 2 aliphatic rings. The van der Waals surface area contributed by atoms with E-state index in [0.717, 1.165) is 50.1 Å². The lowest BCUT2D eigenvalue weighted by Gasteiger charge is -2.28. The quantitative estimate of drug-likeness (QED) is 0.658. The number of carbonyl (C=O) groups excluding carboxylic acids is 1. The summed E-state index contributed by atoms with van der Waals surface area (Å²) in [4.78, 5) is 17.3. The highest BCUT2D eigenvalue weighted by atomic mass is 32.2. The van der Waals surface area contributed by atoms with Crippen LogP contribution in [-0.4, -0.2) is 70.2 Å². The molecule has 1 amide bonds. The highest BCUT2D eigenvalue weighted by Gasteiger charge is 2.26. The van der Waals surface area contributed by atoms with Crippen LogP contribution in [0.4, 0.5) is 5.95 Å². The number of benzene rings is 1. The van der Waals surface area contributed by atoms with Crippen molar-refractivity contribution < 1.29 is 9.53 Å². The molecule has 8 heteroatoms. The van der Waals surface area contributed by atoms with Gasteiger partial charge in [-0.3, -0.25) is 9.36 Å². The Balaban J connectivity index is 1.53. The third kappa shape index (κ3) is 5.16. The zero-order valence-corrected chi connectivity index (χ0v) is 18.5. The van der Waals surface area contributed by atoms with Crippen molar-refractivity contribution in [3.8, 4) is 0 Å². The molecule has 1 aromatic carbocycles.